The number of sulfonamides is 1. The van der Waals surface area contributed by atoms with Crippen molar-refractivity contribution in [3.05, 3.63) is 89.6 Å². The Kier molecular flexibility index (Phi) is 5.47. The summed E-state index contributed by atoms with van der Waals surface area (Å²) in [4.78, 5) is 3.05. The molecule has 0 radical (unpaired) electrons. The molecule has 4 rings (SSSR count). The van der Waals surface area contributed by atoms with E-state index in [0.29, 0.717) is 16.6 Å². The molecule has 0 fully saturated rings. The van der Waals surface area contributed by atoms with Gasteiger partial charge in [0.25, 0.3) is 10.0 Å². The van der Waals surface area contributed by atoms with Crippen LogP contribution in [0.3, 0.4) is 0 Å². The van der Waals surface area contributed by atoms with Crippen LogP contribution in [-0.2, 0) is 10.0 Å². The molecule has 10 heteroatoms. The average Bonchev–Trinajstić information content (AvgIpc) is 2.70. The van der Waals surface area contributed by atoms with Crippen LogP contribution in [0.15, 0.2) is 65.6 Å². The first-order valence-corrected chi connectivity index (χ1v) is 10.6. The number of nitrogens with zero attached hydrogens (tertiary/aromatic N) is 1. The van der Waals surface area contributed by atoms with E-state index in [-0.39, 0.29) is 11.5 Å². The van der Waals surface area contributed by atoms with E-state index < -0.39 is 43.9 Å². The summed E-state index contributed by atoms with van der Waals surface area (Å²) in [7, 11) is -4.74. The summed E-state index contributed by atoms with van der Waals surface area (Å²) in [5, 5.41) is 0.357. The minimum Gasteiger partial charge on any atom is -0.456 e. The fourth-order valence-corrected chi connectivity index (χ4v) is 4.29. The molecule has 0 aliphatic carbocycles. The number of halogens is 4. The second-order valence-corrected chi connectivity index (χ2v) is 8.44. The van der Waals surface area contributed by atoms with Crippen LogP contribution in [0.25, 0.3) is 10.9 Å². The lowest BCUT2D eigenvalue weighted by Gasteiger charge is -2.13. The zero-order valence-corrected chi connectivity index (χ0v) is 17.2. The number of pyridine rings is 1. The summed E-state index contributed by atoms with van der Waals surface area (Å²) in [6.45, 7) is 1.70. The van der Waals surface area contributed by atoms with Crippen molar-refractivity contribution in [3.63, 3.8) is 0 Å². The molecule has 0 spiro atoms. The monoisotopic (exact) mass is 462 g/mol. The van der Waals surface area contributed by atoms with E-state index in [9.17, 15) is 26.0 Å². The highest BCUT2D eigenvalue weighted by molar-refractivity contribution is 7.92. The van der Waals surface area contributed by atoms with Gasteiger partial charge in [-0.25, -0.2) is 26.0 Å². The van der Waals surface area contributed by atoms with Gasteiger partial charge in [-0.05, 0) is 49.4 Å². The number of aryl methyl sites for hydroxylation is 1. The topological polar surface area (TPSA) is 68.3 Å². The normalized spacial score (nSPS) is 11.5. The van der Waals surface area contributed by atoms with Crippen molar-refractivity contribution in [2.24, 2.45) is 0 Å². The zero-order chi connectivity index (χ0) is 23.0. The third kappa shape index (κ3) is 4.22. The molecule has 0 atom stereocenters. The van der Waals surface area contributed by atoms with E-state index in [2.05, 4.69) is 4.98 Å². The van der Waals surface area contributed by atoms with E-state index in [1.54, 1.807) is 6.92 Å². The molecule has 0 amide bonds. The molecule has 1 N–H and O–H groups in total. The lowest BCUT2D eigenvalue weighted by molar-refractivity contribution is 0.481. The quantitative estimate of drug-likeness (QED) is 0.387. The lowest BCUT2D eigenvalue weighted by Crippen LogP contribution is -2.17. The zero-order valence-electron chi connectivity index (χ0n) is 16.4. The van der Waals surface area contributed by atoms with Gasteiger partial charge in [0, 0.05) is 23.2 Å². The van der Waals surface area contributed by atoms with Crippen molar-refractivity contribution in [2.75, 3.05) is 4.72 Å². The average molecular weight is 462 g/mol. The van der Waals surface area contributed by atoms with E-state index in [1.165, 1.54) is 30.3 Å². The van der Waals surface area contributed by atoms with Gasteiger partial charge < -0.3 is 4.74 Å². The maximum atomic E-state index is 14.6. The van der Waals surface area contributed by atoms with Gasteiger partial charge in [-0.3, -0.25) is 9.71 Å². The van der Waals surface area contributed by atoms with Gasteiger partial charge in [-0.15, -0.1) is 0 Å². The van der Waals surface area contributed by atoms with Crippen molar-refractivity contribution in [1.29, 1.82) is 0 Å². The Morgan fingerprint density at radius 3 is 2.28 bits per heavy atom. The molecule has 0 aliphatic heterocycles. The second-order valence-electron chi connectivity index (χ2n) is 6.82. The molecule has 0 unspecified atom stereocenters. The molecule has 164 valence electrons. The molecule has 1 aromatic heterocycles. The fraction of sp³-hybridized carbons (Fsp3) is 0.0455. The molecular formula is C22H14F4N2O3S. The summed E-state index contributed by atoms with van der Waals surface area (Å²) >= 11 is 0. The molecule has 1 heterocycles. The van der Waals surface area contributed by atoms with Crippen LogP contribution in [0.1, 0.15) is 5.69 Å². The Morgan fingerprint density at radius 1 is 0.875 bits per heavy atom. The minimum atomic E-state index is -4.74. The van der Waals surface area contributed by atoms with Crippen LogP contribution in [0.5, 0.6) is 11.5 Å². The molecule has 0 saturated carbocycles. The van der Waals surface area contributed by atoms with Crippen LogP contribution in [0.2, 0.25) is 0 Å². The summed E-state index contributed by atoms with van der Waals surface area (Å²) in [5.74, 6) is -3.99. The van der Waals surface area contributed by atoms with Gasteiger partial charge >= 0.3 is 0 Å². The number of hydrogen-bond acceptors (Lipinski definition) is 4. The van der Waals surface area contributed by atoms with Gasteiger partial charge in [0.2, 0.25) is 0 Å². The Bertz CT molecular complexity index is 1440. The summed E-state index contributed by atoms with van der Waals surface area (Å²) < 4.78 is 88.1. The van der Waals surface area contributed by atoms with Gasteiger partial charge in [0.1, 0.15) is 29.0 Å². The molecule has 0 aliphatic rings. The van der Waals surface area contributed by atoms with Gasteiger partial charge in [-0.2, -0.15) is 0 Å². The Morgan fingerprint density at radius 2 is 1.59 bits per heavy atom. The second kappa shape index (κ2) is 8.12. The Hall–Kier alpha value is -3.66. The first kappa shape index (κ1) is 21.6. The van der Waals surface area contributed by atoms with E-state index >= 15 is 0 Å². The van der Waals surface area contributed by atoms with Crippen LogP contribution in [0, 0.1) is 30.2 Å². The van der Waals surface area contributed by atoms with Crippen molar-refractivity contribution < 1.29 is 30.7 Å². The SMILES string of the molecule is Cc1cc(Oc2ccc(NS(=O)(=O)c3c(F)cccc3F)c(F)c2)c2cc(F)ccc2n1. The van der Waals surface area contributed by atoms with Crippen LogP contribution < -0.4 is 9.46 Å². The lowest BCUT2D eigenvalue weighted by atomic mass is 10.2. The van der Waals surface area contributed by atoms with Crippen LogP contribution in [0.4, 0.5) is 23.2 Å². The van der Waals surface area contributed by atoms with Crippen LogP contribution >= 0.6 is 0 Å². The van der Waals surface area contributed by atoms with E-state index in [1.807, 2.05) is 4.72 Å². The number of nitrogens with one attached hydrogen (secondary N) is 1. The Labute approximate surface area is 180 Å². The largest absolute Gasteiger partial charge is 0.456 e. The number of anilines is 1. The number of hydrogen-bond donors (Lipinski definition) is 1. The molecular weight excluding hydrogens is 448 g/mol. The van der Waals surface area contributed by atoms with Crippen molar-refractivity contribution in [3.8, 4) is 11.5 Å². The third-order valence-corrected chi connectivity index (χ3v) is 5.88. The fourth-order valence-electron chi connectivity index (χ4n) is 3.08. The number of aromatic nitrogens is 1. The molecule has 5 nitrogen and oxygen atoms in total. The summed E-state index contributed by atoms with van der Waals surface area (Å²) in [6, 6.07) is 11.2. The minimum absolute atomic E-state index is 0.0151. The Balaban J connectivity index is 1.65. The van der Waals surface area contributed by atoms with Crippen molar-refractivity contribution in [2.45, 2.75) is 11.8 Å². The van der Waals surface area contributed by atoms with Crippen molar-refractivity contribution >= 4 is 26.6 Å². The highest BCUT2D eigenvalue weighted by atomic mass is 32.2. The van der Waals surface area contributed by atoms with Gasteiger partial charge in [0.05, 0.1) is 11.2 Å². The van der Waals surface area contributed by atoms with Crippen LogP contribution in [-0.4, -0.2) is 13.4 Å². The highest BCUT2D eigenvalue weighted by Crippen LogP contribution is 2.32. The number of ether oxygens (including phenoxy) is 1. The molecule has 3 aromatic carbocycles. The first-order valence-electron chi connectivity index (χ1n) is 9.15. The maximum absolute atomic E-state index is 14.6. The van der Waals surface area contributed by atoms with E-state index in [0.717, 1.165) is 30.3 Å². The van der Waals surface area contributed by atoms with Gasteiger partial charge in [-0.1, -0.05) is 6.07 Å². The van der Waals surface area contributed by atoms with E-state index in [4.69, 9.17) is 4.74 Å². The van der Waals surface area contributed by atoms with Gasteiger partial charge in [0.15, 0.2) is 10.7 Å². The molecule has 32 heavy (non-hydrogen) atoms. The number of fused-ring (bicyclic) bond motifs is 1. The predicted octanol–water partition coefficient (Wildman–Crippen LogP) is 5.69. The standard InChI is InChI=1S/C22H14F4N2O3S/c1-12-9-21(15-10-13(23)5-7-19(15)27-12)31-14-6-8-20(18(26)11-14)28-32(29,30)22-16(24)3-2-4-17(22)25/h2-11,28H,1H3. The van der Waals surface area contributed by atoms with Crippen molar-refractivity contribution in [1.82, 2.24) is 4.98 Å². The molecule has 4 aromatic rings. The first-order chi connectivity index (χ1) is 15.1. The maximum Gasteiger partial charge on any atom is 0.267 e. The summed E-state index contributed by atoms with van der Waals surface area (Å²) in [6.07, 6.45) is 0. The molecule has 0 bridgehead atoms. The smallest absolute Gasteiger partial charge is 0.267 e. The third-order valence-electron chi connectivity index (χ3n) is 4.46. The number of rotatable bonds is 5. The highest BCUT2D eigenvalue weighted by Gasteiger charge is 2.25. The summed E-state index contributed by atoms with van der Waals surface area (Å²) in [5.41, 5.74) is 0.510. The predicted molar refractivity (Wildman–Crippen MR) is 110 cm³/mol. The number of benzene rings is 3. The molecule has 0 saturated heterocycles.